The lowest BCUT2D eigenvalue weighted by atomic mass is 10.3. The van der Waals surface area contributed by atoms with E-state index in [-0.39, 0.29) is 17.7 Å². The Bertz CT molecular complexity index is 402. The third kappa shape index (κ3) is 2.56. The van der Waals surface area contributed by atoms with Crippen LogP contribution in [0.5, 0.6) is 5.88 Å². The van der Waals surface area contributed by atoms with Gasteiger partial charge in [0.2, 0.25) is 5.88 Å². The molecule has 0 spiro atoms. The quantitative estimate of drug-likeness (QED) is 0.735. The first-order chi connectivity index (χ1) is 7.13. The van der Waals surface area contributed by atoms with E-state index in [0.29, 0.717) is 11.7 Å². The van der Waals surface area contributed by atoms with Gasteiger partial charge in [-0.3, -0.25) is 4.79 Å². The summed E-state index contributed by atoms with van der Waals surface area (Å²) >= 11 is 0. The number of aromatic amines is 1. The number of aryl methyl sites for hydroxylation is 1. The van der Waals surface area contributed by atoms with Crippen molar-refractivity contribution in [2.45, 2.75) is 38.3 Å². The highest BCUT2D eigenvalue weighted by Crippen LogP contribution is 2.21. The van der Waals surface area contributed by atoms with E-state index >= 15 is 0 Å². The van der Waals surface area contributed by atoms with E-state index in [1.165, 1.54) is 6.07 Å². The summed E-state index contributed by atoms with van der Waals surface area (Å²) in [5.41, 5.74) is 5.59. The highest BCUT2D eigenvalue weighted by atomic mass is 16.5. The van der Waals surface area contributed by atoms with Crippen molar-refractivity contribution in [2.75, 3.05) is 0 Å². The number of nitrogens with zero attached hydrogens (tertiary/aromatic N) is 1. The summed E-state index contributed by atoms with van der Waals surface area (Å²) in [4.78, 5) is 17.8. The highest BCUT2D eigenvalue weighted by molar-refractivity contribution is 5.09. The molecule has 0 radical (unpaired) electrons. The molecule has 1 aliphatic rings. The molecule has 0 aliphatic heterocycles. The molecule has 1 fully saturated rings. The van der Waals surface area contributed by atoms with Gasteiger partial charge in [0.05, 0.1) is 6.07 Å². The van der Waals surface area contributed by atoms with Crippen molar-refractivity contribution >= 4 is 0 Å². The van der Waals surface area contributed by atoms with Crippen molar-refractivity contribution in [3.63, 3.8) is 0 Å². The summed E-state index contributed by atoms with van der Waals surface area (Å²) in [6.45, 7) is 1.73. The van der Waals surface area contributed by atoms with Crippen LogP contribution in [0.2, 0.25) is 0 Å². The Morgan fingerprint density at radius 3 is 3.00 bits per heavy atom. The molecule has 1 saturated carbocycles. The van der Waals surface area contributed by atoms with Crippen LogP contribution >= 0.6 is 0 Å². The molecule has 2 rings (SSSR count). The van der Waals surface area contributed by atoms with Gasteiger partial charge in [-0.05, 0) is 26.2 Å². The number of nitrogens with two attached hydrogens (primary N) is 1. The van der Waals surface area contributed by atoms with Crippen LogP contribution in [0.25, 0.3) is 0 Å². The predicted molar refractivity (Wildman–Crippen MR) is 55.8 cm³/mol. The fraction of sp³-hybridized carbons (Fsp3) is 0.600. The molecule has 82 valence electrons. The van der Waals surface area contributed by atoms with Crippen molar-refractivity contribution < 1.29 is 4.74 Å². The smallest absolute Gasteiger partial charge is 0.254 e. The molecule has 2 unspecified atom stereocenters. The molecular weight excluding hydrogens is 194 g/mol. The van der Waals surface area contributed by atoms with E-state index in [2.05, 4.69) is 9.97 Å². The predicted octanol–water partition coefficient (Wildman–Crippen LogP) is 0.337. The normalized spacial score (nSPS) is 25.5. The van der Waals surface area contributed by atoms with Gasteiger partial charge in [-0.2, -0.15) is 0 Å². The number of rotatable bonds is 2. The Morgan fingerprint density at radius 2 is 2.40 bits per heavy atom. The number of nitrogens with one attached hydrogen (secondary N) is 1. The zero-order chi connectivity index (χ0) is 10.8. The number of hydrogen-bond acceptors (Lipinski definition) is 4. The zero-order valence-electron chi connectivity index (χ0n) is 8.69. The van der Waals surface area contributed by atoms with Crippen LogP contribution in [-0.2, 0) is 0 Å². The molecule has 15 heavy (non-hydrogen) atoms. The van der Waals surface area contributed by atoms with Crippen molar-refractivity contribution in [3.05, 3.63) is 22.2 Å². The Hall–Kier alpha value is -1.36. The first-order valence-electron chi connectivity index (χ1n) is 5.13. The maximum Gasteiger partial charge on any atom is 0.254 e. The molecule has 1 aromatic heterocycles. The maximum atomic E-state index is 11.1. The minimum Gasteiger partial charge on any atom is -0.474 e. The highest BCUT2D eigenvalue weighted by Gasteiger charge is 2.23. The van der Waals surface area contributed by atoms with Crippen LogP contribution in [0.15, 0.2) is 10.9 Å². The average molecular weight is 209 g/mol. The second kappa shape index (κ2) is 4.02. The van der Waals surface area contributed by atoms with Gasteiger partial charge in [-0.25, -0.2) is 4.98 Å². The molecule has 1 aliphatic carbocycles. The minimum absolute atomic E-state index is 0.105. The maximum absolute atomic E-state index is 11.1. The van der Waals surface area contributed by atoms with Gasteiger partial charge in [0.15, 0.2) is 0 Å². The fourth-order valence-electron chi connectivity index (χ4n) is 1.86. The van der Waals surface area contributed by atoms with Crippen molar-refractivity contribution in [2.24, 2.45) is 5.73 Å². The first kappa shape index (κ1) is 10.2. The molecule has 5 nitrogen and oxygen atoms in total. The lowest BCUT2D eigenvalue weighted by Gasteiger charge is -2.12. The molecule has 0 saturated heterocycles. The molecule has 2 atom stereocenters. The van der Waals surface area contributed by atoms with Gasteiger partial charge in [-0.15, -0.1) is 0 Å². The average Bonchev–Trinajstić information content (AvgIpc) is 2.49. The van der Waals surface area contributed by atoms with Crippen molar-refractivity contribution in [3.8, 4) is 5.88 Å². The summed E-state index contributed by atoms with van der Waals surface area (Å²) in [5.74, 6) is 0.968. The van der Waals surface area contributed by atoms with Crippen LogP contribution in [0.1, 0.15) is 25.1 Å². The van der Waals surface area contributed by atoms with Gasteiger partial charge in [0, 0.05) is 6.04 Å². The Labute approximate surface area is 87.7 Å². The summed E-state index contributed by atoms with van der Waals surface area (Å²) in [5, 5.41) is 0. The molecule has 5 heteroatoms. The molecule has 0 aromatic carbocycles. The Balaban J connectivity index is 2.07. The van der Waals surface area contributed by atoms with Crippen LogP contribution in [0, 0.1) is 6.92 Å². The van der Waals surface area contributed by atoms with E-state index in [0.717, 1.165) is 19.3 Å². The monoisotopic (exact) mass is 209 g/mol. The molecule has 3 N–H and O–H groups in total. The lowest BCUT2D eigenvalue weighted by Crippen LogP contribution is -2.20. The summed E-state index contributed by atoms with van der Waals surface area (Å²) in [6.07, 6.45) is 2.86. The van der Waals surface area contributed by atoms with Gasteiger partial charge < -0.3 is 15.5 Å². The SMILES string of the molecule is Cc1nc(OC2CCC(N)C2)cc(=O)[nH]1. The summed E-state index contributed by atoms with van der Waals surface area (Å²) < 4.78 is 5.60. The largest absolute Gasteiger partial charge is 0.474 e. The molecule has 0 amide bonds. The molecule has 1 heterocycles. The number of hydrogen-bond donors (Lipinski definition) is 2. The lowest BCUT2D eigenvalue weighted by molar-refractivity contribution is 0.198. The minimum atomic E-state index is -0.181. The third-order valence-corrected chi connectivity index (χ3v) is 2.55. The number of ether oxygens (including phenoxy) is 1. The number of aromatic nitrogens is 2. The number of H-pyrrole nitrogens is 1. The van der Waals surface area contributed by atoms with Gasteiger partial charge in [-0.1, -0.05) is 0 Å². The fourth-order valence-corrected chi connectivity index (χ4v) is 1.86. The second-order valence-electron chi connectivity index (χ2n) is 3.98. The van der Waals surface area contributed by atoms with Crippen LogP contribution < -0.4 is 16.0 Å². The van der Waals surface area contributed by atoms with E-state index in [1.807, 2.05) is 0 Å². The molecule has 1 aromatic rings. The van der Waals surface area contributed by atoms with E-state index in [4.69, 9.17) is 10.5 Å². The van der Waals surface area contributed by atoms with Crippen LogP contribution in [-0.4, -0.2) is 22.1 Å². The van der Waals surface area contributed by atoms with Gasteiger partial charge >= 0.3 is 0 Å². The van der Waals surface area contributed by atoms with Crippen molar-refractivity contribution in [1.82, 2.24) is 9.97 Å². The second-order valence-corrected chi connectivity index (χ2v) is 3.98. The standard InChI is InChI=1S/C10H15N3O2/c1-6-12-9(14)5-10(13-6)15-8-3-2-7(11)4-8/h5,7-8H,2-4,11H2,1H3,(H,12,13,14). The van der Waals surface area contributed by atoms with Gasteiger partial charge in [0.25, 0.3) is 5.56 Å². The van der Waals surface area contributed by atoms with E-state index in [1.54, 1.807) is 6.92 Å². The molecular formula is C10H15N3O2. The Kier molecular flexibility index (Phi) is 2.73. The third-order valence-electron chi connectivity index (χ3n) is 2.55. The van der Waals surface area contributed by atoms with E-state index < -0.39 is 0 Å². The molecule has 0 bridgehead atoms. The topological polar surface area (TPSA) is 81.0 Å². The van der Waals surface area contributed by atoms with E-state index in [9.17, 15) is 4.79 Å². The zero-order valence-corrected chi connectivity index (χ0v) is 8.69. The first-order valence-corrected chi connectivity index (χ1v) is 5.13. The van der Waals surface area contributed by atoms with Crippen LogP contribution in [0.4, 0.5) is 0 Å². The Morgan fingerprint density at radius 1 is 1.60 bits per heavy atom. The van der Waals surface area contributed by atoms with Crippen molar-refractivity contribution in [1.29, 1.82) is 0 Å². The van der Waals surface area contributed by atoms with Crippen LogP contribution in [0.3, 0.4) is 0 Å². The summed E-state index contributed by atoms with van der Waals surface area (Å²) in [6, 6.07) is 1.59. The summed E-state index contributed by atoms with van der Waals surface area (Å²) in [7, 11) is 0. The van der Waals surface area contributed by atoms with Gasteiger partial charge in [0.1, 0.15) is 11.9 Å².